The van der Waals surface area contributed by atoms with Crippen LogP contribution in [0, 0.1) is 0 Å². The summed E-state index contributed by atoms with van der Waals surface area (Å²) in [5, 5.41) is 2.83. The lowest BCUT2D eigenvalue weighted by Crippen LogP contribution is -2.31. The lowest BCUT2D eigenvalue weighted by Gasteiger charge is -2.10. The number of aromatic nitrogens is 3. The van der Waals surface area contributed by atoms with Crippen molar-refractivity contribution in [2.75, 3.05) is 27.2 Å². The summed E-state index contributed by atoms with van der Waals surface area (Å²) in [7, 11) is 3.93. The third kappa shape index (κ3) is 2.79. The number of aromatic amines is 1. The Labute approximate surface area is 99.1 Å². The molecule has 0 aliphatic rings. The van der Waals surface area contributed by atoms with Crippen LogP contribution in [0.1, 0.15) is 10.4 Å². The van der Waals surface area contributed by atoms with E-state index in [4.69, 9.17) is 0 Å². The number of nitrogens with one attached hydrogen (secondary N) is 2. The molecule has 0 radical (unpaired) electrons. The predicted octanol–water partition coefficient (Wildman–Crippen LogP) is 0.249. The number of rotatable bonds is 4. The van der Waals surface area contributed by atoms with Crippen LogP contribution in [0.15, 0.2) is 18.6 Å². The summed E-state index contributed by atoms with van der Waals surface area (Å²) in [6, 6.07) is 1.75. The Morgan fingerprint density at radius 1 is 1.47 bits per heavy atom. The van der Waals surface area contributed by atoms with Crippen LogP contribution < -0.4 is 5.32 Å². The smallest absolute Gasteiger partial charge is 0.252 e. The highest BCUT2D eigenvalue weighted by Gasteiger charge is 2.07. The number of imidazole rings is 1. The molecule has 0 fully saturated rings. The molecular weight excluding hydrogens is 218 g/mol. The number of hydrogen-bond acceptors (Lipinski definition) is 4. The molecule has 2 heterocycles. The second-order valence-corrected chi connectivity index (χ2v) is 4.06. The van der Waals surface area contributed by atoms with Crippen molar-refractivity contribution in [2.45, 2.75) is 0 Å². The minimum absolute atomic E-state index is 0.115. The molecule has 1 amide bonds. The van der Waals surface area contributed by atoms with Crippen LogP contribution in [0.3, 0.4) is 0 Å². The highest BCUT2D eigenvalue weighted by Crippen LogP contribution is 2.07. The molecule has 90 valence electrons. The Morgan fingerprint density at radius 3 is 3.06 bits per heavy atom. The van der Waals surface area contributed by atoms with Crippen LogP contribution in [-0.2, 0) is 0 Å². The number of carbonyl (C=O) groups excluding carboxylic acids is 1. The minimum Gasteiger partial charge on any atom is -0.351 e. The van der Waals surface area contributed by atoms with E-state index in [1.807, 2.05) is 19.0 Å². The first-order valence-electron chi connectivity index (χ1n) is 5.39. The van der Waals surface area contributed by atoms with Crippen molar-refractivity contribution in [1.29, 1.82) is 0 Å². The molecule has 0 aliphatic carbocycles. The van der Waals surface area contributed by atoms with Gasteiger partial charge in [-0.05, 0) is 20.2 Å². The maximum Gasteiger partial charge on any atom is 0.252 e. The molecule has 2 aromatic rings. The van der Waals surface area contributed by atoms with Crippen LogP contribution in [0.4, 0.5) is 0 Å². The molecule has 0 aromatic carbocycles. The quantitative estimate of drug-likeness (QED) is 0.794. The fourth-order valence-corrected chi connectivity index (χ4v) is 1.45. The summed E-state index contributed by atoms with van der Waals surface area (Å²) in [6.07, 6.45) is 3.10. The first-order valence-corrected chi connectivity index (χ1v) is 5.39. The van der Waals surface area contributed by atoms with Crippen molar-refractivity contribution < 1.29 is 4.79 Å². The highest BCUT2D eigenvalue weighted by molar-refractivity contribution is 5.96. The van der Waals surface area contributed by atoms with Crippen LogP contribution in [-0.4, -0.2) is 52.9 Å². The molecule has 6 nitrogen and oxygen atoms in total. The molecule has 2 aromatic heterocycles. The number of hydrogen-bond donors (Lipinski definition) is 2. The predicted molar refractivity (Wildman–Crippen MR) is 64.8 cm³/mol. The molecule has 0 aliphatic heterocycles. The minimum atomic E-state index is -0.115. The molecule has 17 heavy (non-hydrogen) atoms. The van der Waals surface area contributed by atoms with Gasteiger partial charge in [-0.1, -0.05) is 0 Å². The second-order valence-electron chi connectivity index (χ2n) is 4.06. The number of carbonyl (C=O) groups is 1. The van der Waals surface area contributed by atoms with Gasteiger partial charge >= 0.3 is 0 Å². The van der Waals surface area contributed by atoms with Crippen molar-refractivity contribution >= 4 is 17.1 Å². The summed E-state index contributed by atoms with van der Waals surface area (Å²) in [6.45, 7) is 1.43. The Balaban J connectivity index is 2.03. The summed E-state index contributed by atoms with van der Waals surface area (Å²) in [4.78, 5) is 24.8. The van der Waals surface area contributed by atoms with Gasteiger partial charge in [0, 0.05) is 19.3 Å². The van der Waals surface area contributed by atoms with Gasteiger partial charge in [-0.25, -0.2) is 9.97 Å². The van der Waals surface area contributed by atoms with E-state index >= 15 is 0 Å². The largest absolute Gasteiger partial charge is 0.351 e. The standard InChI is InChI=1S/C11H15N5O/c1-16(2)4-3-12-11(17)8-5-9-10(13-6-8)15-7-14-9/h5-7H,3-4H2,1-2H3,(H,12,17)(H,13,14,15). The zero-order valence-corrected chi connectivity index (χ0v) is 9.90. The molecule has 6 heteroatoms. The Hall–Kier alpha value is -1.95. The summed E-state index contributed by atoms with van der Waals surface area (Å²) < 4.78 is 0. The molecule has 0 bridgehead atoms. The van der Waals surface area contributed by atoms with E-state index in [1.54, 1.807) is 12.4 Å². The highest BCUT2D eigenvalue weighted by atomic mass is 16.1. The number of H-pyrrole nitrogens is 1. The maximum absolute atomic E-state index is 11.8. The van der Waals surface area contributed by atoms with E-state index in [2.05, 4.69) is 20.3 Å². The van der Waals surface area contributed by atoms with Gasteiger partial charge < -0.3 is 15.2 Å². The summed E-state index contributed by atoms with van der Waals surface area (Å²) >= 11 is 0. The van der Waals surface area contributed by atoms with Crippen LogP contribution >= 0.6 is 0 Å². The lowest BCUT2D eigenvalue weighted by atomic mass is 10.2. The number of nitrogens with zero attached hydrogens (tertiary/aromatic N) is 3. The van der Waals surface area contributed by atoms with E-state index in [1.165, 1.54) is 6.20 Å². The summed E-state index contributed by atoms with van der Waals surface area (Å²) in [5.41, 5.74) is 1.93. The molecule has 2 N–H and O–H groups in total. The number of likely N-dealkylation sites (N-methyl/N-ethyl adjacent to an activating group) is 1. The van der Waals surface area contributed by atoms with Crippen LogP contribution in [0.2, 0.25) is 0 Å². The topological polar surface area (TPSA) is 73.9 Å². The molecule has 0 saturated heterocycles. The average molecular weight is 233 g/mol. The molecule has 0 saturated carbocycles. The van der Waals surface area contributed by atoms with Crippen molar-refractivity contribution in [3.05, 3.63) is 24.2 Å². The van der Waals surface area contributed by atoms with Gasteiger partial charge in [0.15, 0.2) is 5.65 Å². The van der Waals surface area contributed by atoms with E-state index in [9.17, 15) is 4.79 Å². The molecular formula is C11H15N5O. The Kier molecular flexibility index (Phi) is 3.34. The van der Waals surface area contributed by atoms with Gasteiger partial charge in [-0.15, -0.1) is 0 Å². The van der Waals surface area contributed by atoms with Gasteiger partial charge in [-0.3, -0.25) is 4.79 Å². The van der Waals surface area contributed by atoms with E-state index < -0.39 is 0 Å². The molecule has 0 spiro atoms. The third-order valence-corrected chi connectivity index (χ3v) is 2.38. The fraction of sp³-hybridized carbons (Fsp3) is 0.364. The average Bonchev–Trinajstić information content (AvgIpc) is 2.75. The summed E-state index contributed by atoms with van der Waals surface area (Å²) in [5.74, 6) is -0.115. The number of fused-ring (bicyclic) bond motifs is 1. The van der Waals surface area contributed by atoms with Gasteiger partial charge in [0.1, 0.15) is 0 Å². The van der Waals surface area contributed by atoms with Crippen molar-refractivity contribution in [3.63, 3.8) is 0 Å². The Bertz CT molecular complexity index is 519. The molecule has 2 rings (SSSR count). The lowest BCUT2D eigenvalue weighted by molar-refractivity contribution is 0.0951. The van der Waals surface area contributed by atoms with E-state index in [0.29, 0.717) is 17.8 Å². The maximum atomic E-state index is 11.8. The van der Waals surface area contributed by atoms with E-state index in [-0.39, 0.29) is 5.91 Å². The van der Waals surface area contributed by atoms with Gasteiger partial charge in [0.2, 0.25) is 0 Å². The molecule has 0 atom stereocenters. The van der Waals surface area contributed by atoms with Crippen LogP contribution in [0.25, 0.3) is 11.2 Å². The van der Waals surface area contributed by atoms with Gasteiger partial charge in [0.25, 0.3) is 5.91 Å². The van der Waals surface area contributed by atoms with Crippen molar-refractivity contribution in [1.82, 2.24) is 25.2 Å². The monoisotopic (exact) mass is 233 g/mol. The second kappa shape index (κ2) is 4.92. The molecule has 0 unspecified atom stereocenters. The fourth-order valence-electron chi connectivity index (χ4n) is 1.45. The zero-order chi connectivity index (χ0) is 12.3. The van der Waals surface area contributed by atoms with Crippen molar-refractivity contribution in [2.24, 2.45) is 0 Å². The Morgan fingerprint density at radius 2 is 2.29 bits per heavy atom. The zero-order valence-electron chi connectivity index (χ0n) is 9.90. The van der Waals surface area contributed by atoms with E-state index in [0.717, 1.165) is 12.1 Å². The first-order chi connectivity index (χ1) is 8.16. The normalized spacial score (nSPS) is 11.0. The first kappa shape index (κ1) is 11.5. The third-order valence-electron chi connectivity index (χ3n) is 2.38. The van der Waals surface area contributed by atoms with Gasteiger partial charge in [-0.2, -0.15) is 0 Å². The van der Waals surface area contributed by atoms with Crippen molar-refractivity contribution in [3.8, 4) is 0 Å². The number of pyridine rings is 1. The van der Waals surface area contributed by atoms with Crippen LogP contribution in [0.5, 0.6) is 0 Å². The SMILES string of the molecule is CN(C)CCNC(=O)c1cnc2nc[nH]c2c1. The number of amides is 1. The van der Waals surface area contributed by atoms with Gasteiger partial charge in [0.05, 0.1) is 17.4 Å².